The Morgan fingerprint density at radius 3 is 2.43 bits per heavy atom. The van der Waals surface area contributed by atoms with Crippen molar-refractivity contribution in [2.45, 2.75) is 6.54 Å². The summed E-state index contributed by atoms with van der Waals surface area (Å²) in [5.41, 5.74) is 2.64. The van der Waals surface area contributed by atoms with Crippen LogP contribution in [0.15, 0.2) is 77.6 Å². The van der Waals surface area contributed by atoms with Gasteiger partial charge >= 0.3 is 0 Å². The Morgan fingerprint density at radius 2 is 1.70 bits per heavy atom. The van der Waals surface area contributed by atoms with Crippen molar-refractivity contribution in [2.75, 3.05) is 0 Å². The quantitative estimate of drug-likeness (QED) is 0.718. The molecule has 0 radical (unpaired) electrons. The molecule has 0 saturated heterocycles. The first-order valence-corrected chi connectivity index (χ1v) is 7.66. The van der Waals surface area contributed by atoms with Gasteiger partial charge in [0.25, 0.3) is 5.56 Å². The highest BCUT2D eigenvalue weighted by atomic mass is 35.5. The molecule has 3 rings (SSSR count). The van der Waals surface area contributed by atoms with Crippen LogP contribution in [0.3, 0.4) is 0 Å². The second-order valence-electron chi connectivity index (χ2n) is 5.06. The van der Waals surface area contributed by atoms with Crippen molar-refractivity contribution in [3.63, 3.8) is 0 Å². The Morgan fingerprint density at radius 1 is 0.957 bits per heavy atom. The molecule has 1 heterocycles. The third kappa shape index (κ3) is 3.96. The fourth-order valence-corrected chi connectivity index (χ4v) is 2.33. The number of nitrogens with zero attached hydrogens (tertiary/aromatic N) is 2. The SMILES string of the molecule is O=c1ccc(-c2ccc(Cl)cc2)nn1C/C=C/c1ccccc1. The molecule has 3 aromatic rings. The third-order valence-electron chi connectivity index (χ3n) is 3.39. The minimum absolute atomic E-state index is 0.125. The van der Waals surface area contributed by atoms with E-state index < -0.39 is 0 Å². The Balaban J connectivity index is 1.82. The normalized spacial score (nSPS) is 11.0. The van der Waals surface area contributed by atoms with E-state index in [-0.39, 0.29) is 5.56 Å². The standard InChI is InChI=1S/C19H15ClN2O/c20-17-10-8-16(9-11-17)18-12-13-19(23)22(21-18)14-4-7-15-5-2-1-3-6-15/h1-13H,14H2/b7-4+. The van der Waals surface area contributed by atoms with Crippen LogP contribution in [0.5, 0.6) is 0 Å². The summed E-state index contributed by atoms with van der Waals surface area (Å²) < 4.78 is 1.45. The van der Waals surface area contributed by atoms with E-state index in [0.29, 0.717) is 11.6 Å². The summed E-state index contributed by atoms with van der Waals surface area (Å²) in [7, 11) is 0. The maximum absolute atomic E-state index is 11.9. The van der Waals surface area contributed by atoms with Gasteiger partial charge in [-0.2, -0.15) is 5.10 Å². The van der Waals surface area contributed by atoms with Crippen molar-refractivity contribution in [2.24, 2.45) is 0 Å². The summed E-state index contributed by atoms with van der Waals surface area (Å²) in [6, 6.07) is 20.6. The van der Waals surface area contributed by atoms with Gasteiger partial charge in [0.05, 0.1) is 12.2 Å². The highest BCUT2D eigenvalue weighted by Crippen LogP contribution is 2.18. The van der Waals surface area contributed by atoms with Crippen molar-refractivity contribution in [3.8, 4) is 11.3 Å². The number of benzene rings is 2. The topological polar surface area (TPSA) is 34.9 Å². The van der Waals surface area contributed by atoms with E-state index in [1.54, 1.807) is 6.07 Å². The average Bonchev–Trinajstić information content (AvgIpc) is 2.58. The summed E-state index contributed by atoms with van der Waals surface area (Å²) >= 11 is 5.90. The molecule has 0 N–H and O–H groups in total. The fourth-order valence-electron chi connectivity index (χ4n) is 2.21. The van der Waals surface area contributed by atoms with Crippen LogP contribution in [0.2, 0.25) is 5.02 Å². The molecule has 0 amide bonds. The monoisotopic (exact) mass is 322 g/mol. The first kappa shape index (κ1) is 15.3. The van der Waals surface area contributed by atoms with E-state index in [9.17, 15) is 4.79 Å². The first-order chi connectivity index (χ1) is 11.2. The molecule has 0 aliphatic rings. The van der Waals surface area contributed by atoms with Gasteiger partial charge in [0.15, 0.2) is 0 Å². The average molecular weight is 323 g/mol. The lowest BCUT2D eigenvalue weighted by atomic mass is 10.1. The minimum atomic E-state index is -0.125. The second kappa shape index (κ2) is 7.07. The minimum Gasteiger partial charge on any atom is -0.268 e. The van der Waals surface area contributed by atoms with Crippen LogP contribution < -0.4 is 5.56 Å². The molecule has 2 aromatic carbocycles. The highest BCUT2D eigenvalue weighted by Gasteiger charge is 2.02. The van der Waals surface area contributed by atoms with Gasteiger partial charge < -0.3 is 0 Å². The van der Waals surface area contributed by atoms with E-state index in [1.165, 1.54) is 10.7 Å². The van der Waals surface area contributed by atoms with Crippen molar-refractivity contribution >= 4 is 17.7 Å². The Hall–Kier alpha value is -2.65. The molecule has 1 aromatic heterocycles. The Bertz CT molecular complexity index is 868. The zero-order valence-corrected chi connectivity index (χ0v) is 13.1. The lowest BCUT2D eigenvalue weighted by Gasteiger charge is -2.05. The van der Waals surface area contributed by atoms with Crippen LogP contribution in [0.25, 0.3) is 17.3 Å². The van der Waals surface area contributed by atoms with Crippen molar-refractivity contribution in [1.82, 2.24) is 9.78 Å². The molecule has 3 nitrogen and oxygen atoms in total. The second-order valence-corrected chi connectivity index (χ2v) is 5.50. The Labute approximate surface area is 139 Å². The molecular weight excluding hydrogens is 308 g/mol. The number of allylic oxidation sites excluding steroid dienone is 1. The van der Waals surface area contributed by atoms with Crippen LogP contribution in [-0.2, 0) is 6.54 Å². The van der Waals surface area contributed by atoms with Gasteiger partial charge in [-0.15, -0.1) is 0 Å². The van der Waals surface area contributed by atoms with Gasteiger partial charge in [-0.25, -0.2) is 4.68 Å². The van der Waals surface area contributed by atoms with Crippen LogP contribution in [-0.4, -0.2) is 9.78 Å². The highest BCUT2D eigenvalue weighted by molar-refractivity contribution is 6.30. The molecule has 23 heavy (non-hydrogen) atoms. The molecule has 0 atom stereocenters. The summed E-state index contributed by atoms with van der Waals surface area (Å²) in [5, 5.41) is 5.09. The maximum atomic E-state index is 11.9. The van der Waals surface area contributed by atoms with Crippen LogP contribution >= 0.6 is 11.6 Å². The van der Waals surface area contributed by atoms with Crippen LogP contribution in [0.4, 0.5) is 0 Å². The van der Waals surface area contributed by atoms with Crippen LogP contribution in [0.1, 0.15) is 5.56 Å². The fraction of sp³-hybridized carbons (Fsp3) is 0.0526. The summed E-state index contributed by atoms with van der Waals surface area (Å²) in [6.07, 6.45) is 3.90. The predicted octanol–water partition coefficient (Wildman–Crippen LogP) is 4.28. The molecule has 4 heteroatoms. The number of hydrogen-bond donors (Lipinski definition) is 0. The van der Waals surface area contributed by atoms with E-state index in [2.05, 4.69) is 5.10 Å². The maximum Gasteiger partial charge on any atom is 0.267 e. The summed E-state index contributed by atoms with van der Waals surface area (Å²) in [5.74, 6) is 0. The largest absolute Gasteiger partial charge is 0.268 e. The van der Waals surface area contributed by atoms with Gasteiger partial charge in [-0.05, 0) is 23.8 Å². The molecule has 114 valence electrons. The third-order valence-corrected chi connectivity index (χ3v) is 3.65. The van der Waals surface area contributed by atoms with E-state index in [0.717, 1.165) is 16.8 Å². The van der Waals surface area contributed by atoms with Gasteiger partial charge in [0, 0.05) is 16.7 Å². The van der Waals surface area contributed by atoms with Crippen molar-refractivity contribution in [3.05, 3.63) is 93.7 Å². The van der Waals surface area contributed by atoms with E-state index >= 15 is 0 Å². The lowest BCUT2D eigenvalue weighted by molar-refractivity contribution is 0.656. The smallest absolute Gasteiger partial charge is 0.267 e. The van der Waals surface area contributed by atoms with E-state index in [1.807, 2.05) is 66.7 Å². The molecule has 0 unspecified atom stereocenters. The number of halogens is 1. The molecule has 0 aliphatic carbocycles. The molecular formula is C19H15ClN2O. The molecule has 0 saturated carbocycles. The van der Waals surface area contributed by atoms with Crippen molar-refractivity contribution in [1.29, 1.82) is 0 Å². The van der Waals surface area contributed by atoms with Gasteiger partial charge in [-0.3, -0.25) is 4.79 Å². The molecule has 0 spiro atoms. The zero-order chi connectivity index (χ0) is 16.1. The summed E-state index contributed by atoms with van der Waals surface area (Å²) in [6.45, 7) is 0.426. The van der Waals surface area contributed by atoms with Gasteiger partial charge in [0.1, 0.15) is 0 Å². The molecule has 0 aliphatic heterocycles. The Kier molecular flexibility index (Phi) is 4.69. The number of hydrogen-bond acceptors (Lipinski definition) is 2. The van der Waals surface area contributed by atoms with Gasteiger partial charge in [0.2, 0.25) is 0 Å². The summed E-state index contributed by atoms with van der Waals surface area (Å²) in [4.78, 5) is 11.9. The predicted molar refractivity (Wildman–Crippen MR) is 94.4 cm³/mol. The van der Waals surface area contributed by atoms with Gasteiger partial charge in [-0.1, -0.05) is 66.2 Å². The zero-order valence-electron chi connectivity index (χ0n) is 12.4. The van der Waals surface area contributed by atoms with Crippen LogP contribution in [0, 0.1) is 0 Å². The molecule has 0 bridgehead atoms. The lowest BCUT2D eigenvalue weighted by Crippen LogP contribution is -2.21. The molecule has 0 fully saturated rings. The van der Waals surface area contributed by atoms with E-state index in [4.69, 9.17) is 11.6 Å². The van der Waals surface area contributed by atoms with Crippen molar-refractivity contribution < 1.29 is 0 Å². The number of rotatable bonds is 4. The first-order valence-electron chi connectivity index (χ1n) is 7.28. The number of aromatic nitrogens is 2.